The highest BCUT2D eigenvalue weighted by Crippen LogP contribution is 2.03. The Hall–Kier alpha value is -1.89. The van der Waals surface area contributed by atoms with Crippen LogP contribution in [0, 0.1) is 0 Å². The third-order valence-corrected chi connectivity index (χ3v) is 4.01. The van der Waals surface area contributed by atoms with Gasteiger partial charge < -0.3 is 37.6 Å². The van der Waals surface area contributed by atoms with E-state index in [9.17, 15) is 24.3 Å². The molecule has 0 aromatic carbocycles. The number of thiol groups is 1. The van der Waals surface area contributed by atoms with E-state index in [1.807, 2.05) is 0 Å². The van der Waals surface area contributed by atoms with Crippen LogP contribution in [0.4, 0.5) is 0 Å². The molecule has 4 unspecified atom stereocenters. The molecule has 27 heavy (non-hydrogen) atoms. The van der Waals surface area contributed by atoms with E-state index in [0.29, 0.717) is 25.8 Å². The van der Waals surface area contributed by atoms with Crippen molar-refractivity contribution in [3.05, 3.63) is 0 Å². The highest BCUT2D eigenvalue weighted by Gasteiger charge is 2.30. The molecule has 3 amide bonds. The molecule has 0 aliphatic heterocycles. The average Bonchev–Trinajstić information content (AvgIpc) is 2.62. The van der Waals surface area contributed by atoms with Gasteiger partial charge in [-0.2, -0.15) is 12.6 Å². The molecule has 0 aromatic rings. The van der Waals surface area contributed by atoms with Crippen LogP contribution in [-0.2, 0) is 19.2 Å². The lowest BCUT2D eigenvalue weighted by molar-refractivity contribution is -0.145. The molecule has 0 bridgehead atoms. The third-order valence-electron chi connectivity index (χ3n) is 3.65. The van der Waals surface area contributed by atoms with Gasteiger partial charge in [-0.25, -0.2) is 4.79 Å². The van der Waals surface area contributed by atoms with E-state index in [-0.39, 0.29) is 12.3 Å². The Morgan fingerprint density at radius 2 is 1.59 bits per heavy atom. The zero-order chi connectivity index (χ0) is 21.0. The zero-order valence-corrected chi connectivity index (χ0v) is 16.1. The molecule has 0 aromatic heterocycles. The molecule has 0 radical (unpaired) electrons. The number of rotatable bonds is 13. The summed E-state index contributed by atoms with van der Waals surface area (Å²) in [5.74, 6) is -3.53. The van der Waals surface area contributed by atoms with Crippen LogP contribution >= 0.6 is 12.6 Å². The molecule has 0 aliphatic rings. The first kappa shape index (κ1) is 25.1. The number of aliphatic hydroxyl groups excluding tert-OH is 1. The Morgan fingerprint density at radius 1 is 1.00 bits per heavy atom. The van der Waals surface area contributed by atoms with Gasteiger partial charge in [0.15, 0.2) is 6.04 Å². The summed E-state index contributed by atoms with van der Waals surface area (Å²) < 4.78 is 0. The summed E-state index contributed by atoms with van der Waals surface area (Å²) in [4.78, 5) is 47.2. The largest absolute Gasteiger partial charge is 0.480 e. The van der Waals surface area contributed by atoms with E-state index in [1.165, 1.54) is 6.92 Å². The topological polar surface area (TPSA) is 197 Å². The summed E-state index contributed by atoms with van der Waals surface area (Å²) in [6.07, 6.45) is 0.171. The maximum atomic E-state index is 12.4. The molecule has 156 valence electrons. The third kappa shape index (κ3) is 9.56. The highest BCUT2D eigenvalue weighted by molar-refractivity contribution is 7.80. The van der Waals surface area contributed by atoms with Gasteiger partial charge in [0, 0.05) is 5.75 Å². The molecule has 0 saturated heterocycles. The SMILES string of the molecule is CC(O)C(NC(=O)C(CS)NC(=O)C(CCCCN)NC(=O)CN)C(=O)O. The van der Waals surface area contributed by atoms with Crippen LogP contribution in [0.25, 0.3) is 0 Å². The van der Waals surface area contributed by atoms with Crippen molar-refractivity contribution in [1.82, 2.24) is 16.0 Å². The Balaban J connectivity index is 5.02. The van der Waals surface area contributed by atoms with Crippen molar-refractivity contribution in [2.45, 2.75) is 50.4 Å². The van der Waals surface area contributed by atoms with Crippen LogP contribution in [-0.4, -0.2) is 77.0 Å². The van der Waals surface area contributed by atoms with Gasteiger partial charge in [-0.1, -0.05) is 0 Å². The number of hydrogen-bond acceptors (Lipinski definition) is 8. The summed E-state index contributed by atoms with van der Waals surface area (Å²) in [7, 11) is 0. The highest BCUT2D eigenvalue weighted by atomic mass is 32.1. The van der Waals surface area contributed by atoms with Crippen LogP contribution in [0.2, 0.25) is 0 Å². The molecule has 11 nitrogen and oxygen atoms in total. The van der Waals surface area contributed by atoms with Gasteiger partial charge in [0.2, 0.25) is 17.7 Å². The zero-order valence-electron chi connectivity index (χ0n) is 15.2. The minimum absolute atomic E-state index is 0.121. The number of carbonyl (C=O) groups excluding carboxylic acids is 3. The van der Waals surface area contributed by atoms with Gasteiger partial charge in [-0.05, 0) is 32.7 Å². The number of aliphatic hydroxyl groups is 1. The standard InChI is InChI=1S/C15H29N5O6S/c1-8(21)12(15(25)26)20-14(24)10(7-27)19-13(23)9(4-2-3-5-16)18-11(22)6-17/h8-10,12,21,27H,2-7,16-17H2,1H3,(H,18,22)(H,19,23)(H,20,24)(H,25,26). The lowest BCUT2D eigenvalue weighted by atomic mass is 10.1. The number of unbranched alkanes of at least 4 members (excludes halogenated alkanes) is 1. The second kappa shape index (κ2) is 13.3. The van der Waals surface area contributed by atoms with Gasteiger partial charge >= 0.3 is 5.97 Å². The first-order valence-electron chi connectivity index (χ1n) is 8.49. The first-order chi connectivity index (χ1) is 12.7. The van der Waals surface area contributed by atoms with Crippen LogP contribution in [0.3, 0.4) is 0 Å². The van der Waals surface area contributed by atoms with E-state index in [1.54, 1.807) is 0 Å². The summed E-state index contributed by atoms with van der Waals surface area (Å²) in [6, 6.07) is -3.61. The number of aliphatic carboxylic acids is 1. The van der Waals surface area contributed by atoms with Crippen LogP contribution < -0.4 is 27.4 Å². The van der Waals surface area contributed by atoms with E-state index in [4.69, 9.17) is 16.6 Å². The van der Waals surface area contributed by atoms with Crippen molar-refractivity contribution < 1.29 is 29.4 Å². The fourth-order valence-corrected chi connectivity index (χ4v) is 2.38. The molecule has 0 spiro atoms. The molecule has 0 saturated carbocycles. The van der Waals surface area contributed by atoms with E-state index < -0.39 is 47.9 Å². The van der Waals surface area contributed by atoms with E-state index in [0.717, 1.165) is 0 Å². The predicted molar refractivity (Wildman–Crippen MR) is 101 cm³/mol. The number of hydrogen-bond donors (Lipinski definition) is 8. The van der Waals surface area contributed by atoms with Crippen molar-refractivity contribution in [1.29, 1.82) is 0 Å². The lowest BCUT2D eigenvalue weighted by Crippen LogP contribution is -2.58. The molecule has 0 fully saturated rings. The average molecular weight is 407 g/mol. The molecule has 12 heteroatoms. The smallest absolute Gasteiger partial charge is 0.328 e. The summed E-state index contributed by atoms with van der Waals surface area (Å²) in [5, 5.41) is 25.5. The van der Waals surface area contributed by atoms with Gasteiger partial charge in [0.05, 0.1) is 12.6 Å². The van der Waals surface area contributed by atoms with Crippen molar-refractivity contribution in [2.75, 3.05) is 18.8 Å². The normalized spacial score (nSPS) is 15.1. The van der Waals surface area contributed by atoms with Gasteiger partial charge in [-0.3, -0.25) is 14.4 Å². The number of amides is 3. The molecule has 9 N–H and O–H groups in total. The Morgan fingerprint density at radius 3 is 2.04 bits per heavy atom. The van der Waals surface area contributed by atoms with Gasteiger partial charge in [0.25, 0.3) is 0 Å². The molecule has 0 heterocycles. The fourth-order valence-electron chi connectivity index (χ4n) is 2.12. The first-order valence-corrected chi connectivity index (χ1v) is 9.13. The quantitative estimate of drug-likeness (QED) is 0.116. The summed E-state index contributed by atoms with van der Waals surface area (Å²) in [6.45, 7) is 1.34. The number of carboxylic acid groups (broad SMARTS) is 1. The minimum Gasteiger partial charge on any atom is -0.480 e. The Bertz CT molecular complexity index is 519. The van der Waals surface area contributed by atoms with Crippen molar-refractivity contribution in [3.8, 4) is 0 Å². The Labute approximate surface area is 163 Å². The summed E-state index contributed by atoms with van der Waals surface area (Å²) in [5.41, 5.74) is 10.7. The number of nitrogens with two attached hydrogens (primary N) is 2. The second-order valence-corrected chi connectivity index (χ2v) is 6.28. The Kier molecular flexibility index (Phi) is 12.4. The molecular formula is C15H29N5O6S. The number of nitrogens with one attached hydrogen (secondary N) is 3. The molecule has 4 atom stereocenters. The van der Waals surface area contributed by atoms with Gasteiger partial charge in [0.1, 0.15) is 12.1 Å². The van der Waals surface area contributed by atoms with E-state index >= 15 is 0 Å². The number of carboxylic acids is 1. The fraction of sp³-hybridized carbons (Fsp3) is 0.733. The minimum atomic E-state index is -1.53. The van der Waals surface area contributed by atoms with Crippen LogP contribution in [0.5, 0.6) is 0 Å². The molecule has 0 rings (SSSR count). The number of carbonyl (C=O) groups is 4. The van der Waals surface area contributed by atoms with Crippen molar-refractivity contribution >= 4 is 36.3 Å². The monoisotopic (exact) mass is 407 g/mol. The molecule has 0 aliphatic carbocycles. The molecular weight excluding hydrogens is 378 g/mol. The maximum Gasteiger partial charge on any atom is 0.328 e. The van der Waals surface area contributed by atoms with Gasteiger partial charge in [-0.15, -0.1) is 0 Å². The van der Waals surface area contributed by atoms with Crippen molar-refractivity contribution in [2.24, 2.45) is 11.5 Å². The summed E-state index contributed by atoms with van der Waals surface area (Å²) >= 11 is 3.99. The maximum absolute atomic E-state index is 12.4. The van der Waals surface area contributed by atoms with Crippen molar-refractivity contribution in [3.63, 3.8) is 0 Å². The van der Waals surface area contributed by atoms with Crippen LogP contribution in [0.15, 0.2) is 0 Å². The van der Waals surface area contributed by atoms with E-state index in [2.05, 4.69) is 28.6 Å². The second-order valence-electron chi connectivity index (χ2n) is 5.92. The predicted octanol–water partition coefficient (Wildman–Crippen LogP) is -3.08. The lowest BCUT2D eigenvalue weighted by Gasteiger charge is -2.24. The van der Waals surface area contributed by atoms with Crippen LogP contribution in [0.1, 0.15) is 26.2 Å².